The maximum absolute atomic E-state index is 13.3. The van der Waals surface area contributed by atoms with Gasteiger partial charge >= 0.3 is 6.18 Å². The Morgan fingerprint density at radius 2 is 2.10 bits per heavy atom. The number of rotatable bonds is 2. The molecule has 1 heterocycles. The van der Waals surface area contributed by atoms with Crippen LogP contribution in [0.2, 0.25) is 0 Å². The Kier molecular flexibility index (Phi) is 3.32. The van der Waals surface area contributed by atoms with E-state index < -0.39 is 12.0 Å². The van der Waals surface area contributed by atoms with E-state index in [-0.39, 0.29) is 17.7 Å². The molecular formula is C14H16F3N3O. The first kappa shape index (κ1) is 14.2. The lowest BCUT2D eigenvalue weighted by atomic mass is 10.2. The van der Waals surface area contributed by atoms with E-state index in [1.807, 2.05) is 0 Å². The average Bonchev–Trinajstić information content (AvgIpc) is 3.00. The van der Waals surface area contributed by atoms with Crippen molar-refractivity contribution in [3.8, 4) is 0 Å². The molecule has 2 N–H and O–H groups in total. The molecule has 1 aliphatic carbocycles. The SMILES string of the molecule is COC1CCC(n2c(C(F)(F)F)nc3cc(N)ccc32)C1. The number of alkyl halides is 3. The summed E-state index contributed by atoms with van der Waals surface area (Å²) in [5.41, 5.74) is 6.79. The van der Waals surface area contributed by atoms with Crippen molar-refractivity contribution in [1.29, 1.82) is 0 Å². The summed E-state index contributed by atoms with van der Waals surface area (Å²) in [7, 11) is 1.59. The highest BCUT2D eigenvalue weighted by molar-refractivity contribution is 5.80. The van der Waals surface area contributed by atoms with Gasteiger partial charge < -0.3 is 15.0 Å². The smallest absolute Gasteiger partial charge is 0.399 e. The molecule has 0 aliphatic heterocycles. The van der Waals surface area contributed by atoms with Gasteiger partial charge in [0.15, 0.2) is 0 Å². The molecule has 4 nitrogen and oxygen atoms in total. The van der Waals surface area contributed by atoms with Crippen LogP contribution >= 0.6 is 0 Å². The summed E-state index contributed by atoms with van der Waals surface area (Å²) in [6.45, 7) is 0. The molecule has 2 unspecified atom stereocenters. The highest BCUT2D eigenvalue weighted by atomic mass is 19.4. The van der Waals surface area contributed by atoms with Crippen molar-refractivity contribution >= 4 is 16.7 Å². The van der Waals surface area contributed by atoms with Crippen LogP contribution < -0.4 is 5.73 Å². The van der Waals surface area contributed by atoms with Crippen LogP contribution in [-0.4, -0.2) is 22.8 Å². The molecule has 7 heteroatoms. The predicted molar refractivity (Wildman–Crippen MR) is 72.8 cm³/mol. The van der Waals surface area contributed by atoms with Crippen LogP contribution in [0.1, 0.15) is 31.1 Å². The quantitative estimate of drug-likeness (QED) is 0.865. The number of nitrogens with zero attached hydrogens (tertiary/aromatic N) is 2. The number of methoxy groups -OCH3 is 1. The zero-order valence-electron chi connectivity index (χ0n) is 11.5. The van der Waals surface area contributed by atoms with E-state index in [0.717, 1.165) is 6.42 Å². The molecule has 114 valence electrons. The fourth-order valence-electron chi connectivity index (χ4n) is 3.05. The first-order valence-corrected chi connectivity index (χ1v) is 6.77. The molecule has 1 aromatic carbocycles. The Balaban J connectivity index is 2.14. The number of nitrogen functional groups attached to an aromatic ring is 1. The number of aromatic nitrogens is 2. The van der Waals surface area contributed by atoms with E-state index in [1.54, 1.807) is 19.2 Å². The summed E-state index contributed by atoms with van der Waals surface area (Å²) < 4.78 is 46.4. The minimum atomic E-state index is -4.49. The molecule has 2 aromatic rings. The summed E-state index contributed by atoms with van der Waals surface area (Å²) in [6.07, 6.45) is -2.51. The first-order valence-electron chi connectivity index (χ1n) is 6.77. The highest BCUT2D eigenvalue weighted by Crippen LogP contribution is 2.40. The second-order valence-corrected chi connectivity index (χ2v) is 5.38. The Morgan fingerprint density at radius 3 is 2.71 bits per heavy atom. The molecule has 1 fully saturated rings. The van der Waals surface area contributed by atoms with Crippen LogP contribution in [0.25, 0.3) is 11.0 Å². The van der Waals surface area contributed by atoms with E-state index in [9.17, 15) is 13.2 Å². The summed E-state index contributed by atoms with van der Waals surface area (Å²) in [6, 6.07) is 4.43. The summed E-state index contributed by atoms with van der Waals surface area (Å²) in [4.78, 5) is 3.76. The minimum Gasteiger partial charge on any atom is -0.399 e. The third-order valence-corrected chi connectivity index (χ3v) is 4.02. The number of ether oxygens (including phenoxy) is 1. The van der Waals surface area contributed by atoms with Gasteiger partial charge in [0.2, 0.25) is 5.82 Å². The standard InChI is InChI=1S/C14H16F3N3O/c1-21-10-4-3-9(7-10)20-12-5-2-8(18)6-11(12)19-13(20)14(15,16)17/h2,5-6,9-10H,3-4,7,18H2,1H3. The monoisotopic (exact) mass is 299 g/mol. The molecular weight excluding hydrogens is 283 g/mol. The molecule has 1 aromatic heterocycles. The third kappa shape index (κ3) is 2.46. The van der Waals surface area contributed by atoms with E-state index in [4.69, 9.17) is 10.5 Å². The van der Waals surface area contributed by atoms with E-state index in [0.29, 0.717) is 24.0 Å². The van der Waals surface area contributed by atoms with Gasteiger partial charge in [-0.3, -0.25) is 0 Å². The van der Waals surface area contributed by atoms with Crippen molar-refractivity contribution in [2.75, 3.05) is 12.8 Å². The molecule has 0 saturated heterocycles. The van der Waals surface area contributed by atoms with Gasteiger partial charge in [0.05, 0.1) is 17.1 Å². The molecule has 1 saturated carbocycles. The summed E-state index contributed by atoms with van der Waals surface area (Å²) in [5, 5.41) is 0. The Hall–Kier alpha value is -1.76. The zero-order chi connectivity index (χ0) is 15.2. The summed E-state index contributed by atoms with van der Waals surface area (Å²) >= 11 is 0. The normalized spacial score (nSPS) is 23.0. The number of hydrogen-bond acceptors (Lipinski definition) is 3. The lowest BCUT2D eigenvalue weighted by molar-refractivity contribution is -0.147. The van der Waals surface area contributed by atoms with Crippen molar-refractivity contribution in [2.45, 2.75) is 37.6 Å². The topological polar surface area (TPSA) is 53.1 Å². The molecule has 1 aliphatic rings. The maximum Gasteiger partial charge on any atom is 0.449 e. The van der Waals surface area contributed by atoms with Crippen molar-refractivity contribution in [1.82, 2.24) is 9.55 Å². The molecule has 21 heavy (non-hydrogen) atoms. The number of anilines is 1. The van der Waals surface area contributed by atoms with Crippen molar-refractivity contribution in [2.24, 2.45) is 0 Å². The number of hydrogen-bond donors (Lipinski definition) is 1. The molecule has 0 amide bonds. The zero-order valence-corrected chi connectivity index (χ0v) is 11.5. The highest BCUT2D eigenvalue weighted by Gasteiger charge is 2.40. The number of nitrogens with two attached hydrogens (primary N) is 1. The number of benzene rings is 1. The van der Waals surface area contributed by atoms with Gasteiger partial charge in [0.25, 0.3) is 0 Å². The van der Waals surface area contributed by atoms with E-state index in [2.05, 4.69) is 4.98 Å². The minimum absolute atomic E-state index is 0.00214. The van der Waals surface area contributed by atoms with Gasteiger partial charge in [0, 0.05) is 18.8 Å². The second kappa shape index (κ2) is 4.91. The van der Waals surface area contributed by atoms with Crippen molar-refractivity contribution in [3.05, 3.63) is 24.0 Å². The predicted octanol–water partition coefficient (Wildman–Crippen LogP) is 3.38. The van der Waals surface area contributed by atoms with Gasteiger partial charge in [-0.25, -0.2) is 4.98 Å². The van der Waals surface area contributed by atoms with Crippen LogP contribution in [0.15, 0.2) is 18.2 Å². The molecule has 0 spiro atoms. The molecule has 0 radical (unpaired) electrons. The molecule has 2 atom stereocenters. The first-order chi connectivity index (χ1) is 9.90. The maximum atomic E-state index is 13.3. The lowest BCUT2D eigenvalue weighted by Gasteiger charge is -2.18. The average molecular weight is 299 g/mol. The van der Waals surface area contributed by atoms with Crippen LogP contribution in [0.5, 0.6) is 0 Å². The Labute approximate surface area is 119 Å². The van der Waals surface area contributed by atoms with Gasteiger partial charge in [-0.1, -0.05) is 0 Å². The van der Waals surface area contributed by atoms with Gasteiger partial charge in [0.1, 0.15) is 0 Å². The fourth-order valence-corrected chi connectivity index (χ4v) is 3.05. The number of imidazole rings is 1. The second-order valence-electron chi connectivity index (χ2n) is 5.38. The van der Waals surface area contributed by atoms with Crippen molar-refractivity contribution in [3.63, 3.8) is 0 Å². The van der Waals surface area contributed by atoms with E-state index in [1.165, 1.54) is 10.6 Å². The Bertz CT molecular complexity index is 665. The van der Waals surface area contributed by atoms with Crippen LogP contribution in [0.4, 0.5) is 18.9 Å². The van der Waals surface area contributed by atoms with Gasteiger partial charge in [-0.2, -0.15) is 13.2 Å². The van der Waals surface area contributed by atoms with Crippen LogP contribution in [0, 0.1) is 0 Å². The number of halogens is 3. The number of fused-ring (bicyclic) bond motifs is 1. The van der Waals surface area contributed by atoms with Crippen LogP contribution in [0.3, 0.4) is 0 Å². The molecule has 3 rings (SSSR count). The lowest BCUT2D eigenvalue weighted by Crippen LogP contribution is -2.18. The summed E-state index contributed by atoms with van der Waals surface area (Å²) in [5.74, 6) is -0.857. The van der Waals surface area contributed by atoms with Crippen molar-refractivity contribution < 1.29 is 17.9 Å². The van der Waals surface area contributed by atoms with E-state index >= 15 is 0 Å². The largest absolute Gasteiger partial charge is 0.449 e. The fraction of sp³-hybridized carbons (Fsp3) is 0.500. The van der Waals surface area contributed by atoms with Crippen LogP contribution in [-0.2, 0) is 10.9 Å². The third-order valence-electron chi connectivity index (χ3n) is 4.02. The van der Waals surface area contributed by atoms with Gasteiger partial charge in [-0.05, 0) is 37.5 Å². The Morgan fingerprint density at radius 1 is 1.33 bits per heavy atom. The molecule has 0 bridgehead atoms. The van der Waals surface area contributed by atoms with Gasteiger partial charge in [-0.15, -0.1) is 0 Å².